The number of rotatable bonds is 3. The van der Waals surface area contributed by atoms with E-state index in [1.807, 2.05) is 48.2 Å². The van der Waals surface area contributed by atoms with Crippen molar-refractivity contribution < 1.29 is 4.79 Å². The molecule has 1 aromatic heterocycles. The molecule has 2 aromatic carbocycles. The van der Waals surface area contributed by atoms with Gasteiger partial charge in [0.2, 0.25) is 0 Å². The van der Waals surface area contributed by atoms with Crippen molar-refractivity contribution in [2.24, 2.45) is 0 Å². The average Bonchev–Trinajstić information content (AvgIpc) is 2.69. The number of halogens is 1. The largest absolute Gasteiger partial charge is 0.336 e. The molecule has 1 saturated heterocycles. The van der Waals surface area contributed by atoms with Gasteiger partial charge < -0.3 is 9.88 Å². The van der Waals surface area contributed by atoms with Gasteiger partial charge in [0.25, 0.3) is 11.5 Å². The number of pyridine rings is 1. The quantitative estimate of drug-likeness (QED) is 0.739. The fourth-order valence-corrected chi connectivity index (χ4v) is 3.85. The maximum absolute atomic E-state index is 12.7. The van der Waals surface area contributed by atoms with Gasteiger partial charge in [-0.05, 0) is 42.1 Å². The van der Waals surface area contributed by atoms with E-state index in [-0.39, 0.29) is 11.5 Å². The smallest absolute Gasteiger partial charge is 0.255 e. The van der Waals surface area contributed by atoms with Crippen LogP contribution in [-0.4, -0.2) is 46.9 Å². The number of H-pyrrole nitrogens is 1. The van der Waals surface area contributed by atoms with Crippen LogP contribution in [0.4, 0.5) is 0 Å². The second-order valence-electron chi connectivity index (χ2n) is 7.26. The van der Waals surface area contributed by atoms with Gasteiger partial charge in [0.15, 0.2) is 0 Å². The third-order valence-corrected chi connectivity index (χ3v) is 5.57. The molecule has 28 heavy (non-hydrogen) atoms. The summed E-state index contributed by atoms with van der Waals surface area (Å²) in [7, 11) is 0. The minimum atomic E-state index is -0.0485. The summed E-state index contributed by atoms with van der Waals surface area (Å²) in [5.41, 5.74) is 3.23. The summed E-state index contributed by atoms with van der Waals surface area (Å²) in [6.07, 6.45) is 0. The molecule has 4 rings (SSSR count). The molecular formula is C22H22ClN3O2. The summed E-state index contributed by atoms with van der Waals surface area (Å²) in [5.74, 6) is -0.0378. The summed E-state index contributed by atoms with van der Waals surface area (Å²) in [4.78, 5) is 32.1. The van der Waals surface area contributed by atoms with Crippen LogP contribution in [0.25, 0.3) is 10.9 Å². The number of carbonyl (C=O) groups excluding carboxylic acids is 1. The number of hydrogen-bond donors (Lipinski definition) is 1. The zero-order chi connectivity index (χ0) is 19.7. The number of fused-ring (bicyclic) bond motifs is 1. The summed E-state index contributed by atoms with van der Waals surface area (Å²) >= 11 is 6.15. The van der Waals surface area contributed by atoms with Crippen LogP contribution in [0.15, 0.2) is 53.3 Å². The van der Waals surface area contributed by atoms with Gasteiger partial charge in [-0.25, -0.2) is 0 Å². The molecule has 0 saturated carbocycles. The van der Waals surface area contributed by atoms with E-state index in [0.29, 0.717) is 30.2 Å². The maximum Gasteiger partial charge on any atom is 0.255 e. The number of aryl methyl sites for hydroxylation is 1. The fourth-order valence-electron chi connectivity index (χ4n) is 3.63. The molecule has 5 nitrogen and oxygen atoms in total. The van der Waals surface area contributed by atoms with E-state index in [9.17, 15) is 9.59 Å². The molecule has 0 bridgehead atoms. The SMILES string of the molecule is Cc1ccc2cc(CN3CCN(C(=O)c4ccccc4Cl)CC3)c(=O)[nH]c2c1. The van der Waals surface area contributed by atoms with Gasteiger partial charge in [0, 0.05) is 43.8 Å². The molecule has 6 heteroatoms. The fraction of sp³-hybridized carbons (Fsp3) is 0.273. The van der Waals surface area contributed by atoms with Crippen molar-refractivity contribution in [3.63, 3.8) is 0 Å². The van der Waals surface area contributed by atoms with Gasteiger partial charge in [0.05, 0.1) is 10.6 Å². The number of piperazine rings is 1. The number of aromatic nitrogens is 1. The summed E-state index contributed by atoms with van der Waals surface area (Å²) in [6, 6.07) is 15.2. The Morgan fingerprint density at radius 2 is 1.82 bits per heavy atom. The van der Waals surface area contributed by atoms with Crippen molar-refractivity contribution in [2.75, 3.05) is 26.2 Å². The van der Waals surface area contributed by atoms with Crippen molar-refractivity contribution in [3.8, 4) is 0 Å². The third-order valence-electron chi connectivity index (χ3n) is 5.24. The molecule has 1 N–H and O–H groups in total. The Kier molecular flexibility index (Phi) is 5.20. The lowest BCUT2D eigenvalue weighted by Crippen LogP contribution is -2.48. The van der Waals surface area contributed by atoms with Gasteiger partial charge in [-0.15, -0.1) is 0 Å². The summed E-state index contributed by atoms with van der Waals surface area (Å²) < 4.78 is 0. The van der Waals surface area contributed by atoms with Crippen molar-refractivity contribution in [1.82, 2.24) is 14.8 Å². The highest BCUT2D eigenvalue weighted by Gasteiger charge is 2.23. The first-order chi connectivity index (χ1) is 13.5. The maximum atomic E-state index is 12.7. The van der Waals surface area contributed by atoms with Crippen LogP contribution < -0.4 is 5.56 Å². The Bertz CT molecular complexity index is 1080. The van der Waals surface area contributed by atoms with E-state index >= 15 is 0 Å². The zero-order valence-electron chi connectivity index (χ0n) is 15.7. The Morgan fingerprint density at radius 1 is 1.07 bits per heavy atom. The molecule has 1 aliphatic heterocycles. The van der Waals surface area contributed by atoms with E-state index < -0.39 is 0 Å². The van der Waals surface area contributed by atoms with E-state index in [4.69, 9.17) is 11.6 Å². The predicted octanol–water partition coefficient (Wildman–Crippen LogP) is 3.45. The van der Waals surface area contributed by atoms with Gasteiger partial charge >= 0.3 is 0 Å². The molecule has 0 unspecified atom stereocenters. The van der Waals surface area contributed by atoms with Gasteiger partial charge in [-0.2, -0.15) is 0 Å². The number of nitrogens with one attached hydrogen (secondary N) is 1. The Morgan fingerprint density at radius 3 is 2.57 bits per heavy atom. The highest BCUT2D eigenvalue weighted by Crippen LogP contribution is 2.19. The molecule has 2 heterocycles. The molecule has 0 radical (unpaired) electrons. The Hall–Kier alpha value is -2.63. The standard InChI is InChI=1S/C22H22ClN3O2/c1-15-6-7-16-13-17(21(27)24-20(16)12-15)14-25-8-10-26(11-9-25)22(28)18-4-2-3-5-19(18)23/h2-7,12-13H,8-11,14H2,1H3,(H,24,27). The van der Waals surface area contributed by atoms with Crippen LogP contribution in [0.3, 0.4) is 0 Å². The molecule has 0 atom stereocenters. The lowest BCUT2D eigenvalue weighted by atomic mass is 10.1. The second-order valence-corrected chi connectivity index (χ2v) is 7.67. The van der Waals surface area contributed by atoms with Gasteiger partial charge in [-0.3, -0.25) is 14.5 Å². The van der Waals surface area contributed by atoms with E-state index in [1.54, 1.807) is 12.1 Å². The summed E-state index contributed by atoms with van der Waals surface area (Å²) in [6.45, 7) is 5.27. The van der Waals surface area contributed by atoms with Crippen LogP contribution in [0.2, 0.25) is 5.02 Å². The molecular weight excluding hydrogens is 374 g/mol. The number of carbonyl (C=O) groups is 1. The monoisotopic (exact) mass is 395 g/mol. The van der Waals surface area contributed by atoms with Crippen molar-refractivity contribution in [2.45, 2.75) is 13.5 Å². The number of nitrogens with zero attached hydrogens (tertiary/aromatic N) is 2. The van der Waals surface area contributed by atoms with Crippen molar-refractivity contribution in [1.29, 1.82) is 0 Å². The molecule has 1 aliphatic rings. The normalized spacial score (nSPS) is 15.1. The van der Waals surface area contributed by atoms with Gasteiger partial charge in [-0.1, -0.05) is 35.9 Å². The number of aromatic amines is 1. The predicted molar refractivity (Wildman–Crippen MR) is 112 cm³/mol. The second kappa shape index (κ2) is 7.78. The summed E-state index contributed by atoms with van der Waals surface area (Å²) in [5, 5.41) is 1.51. The van der Waals surface area contributed by atoms with Crippen LogP contribution in [0.1, 0.15) is 21.5 Å². The topological polar surface area (TPSA) is 56.4 Å². The van der Waals surface area contributed by atoms with Crippen LogP contribution in [-0.2, 0) is 6.54 Å². The molecule has 1 fully saturated rings. The van der Waals surface area contributed by atoms with Crippen LogP contribution >= 0.6 is 11.6 Å². The first-order valence-corrected chi connectivity index (χ1v) is 9.78. The third kappa shape index (κ3) is 3.81. The van der Waals surface area contributed by atoms with Crippen LogP contribution in [0.5, 0.6) is 0 Å². The minimum Gasteiger partial charge on any atom is -0.336 e. The van der Waals surface area contributed by atoms with Crippen molar-refractivity contribution >= 4 is 28.4 Å². The molecule has 0 aliphatic carbocycles. The Labute approximate surface area is 168 Å². The average molecular weight is 396 g/mol. The van der Waals surface area contributed by atoms with E-state index in [1.165, 1.54) is 0 Å². The first kappa shape index (κ1) is 18.7. The highest BCUT2D eigenvalue weighted by molar-refractivity contribution is 6.33. The minimum absolute atomic E-state index is 0.0378. The van der Waals surface area contributed by atoms with Crippen LogP contribution in [0, 0.1) is 6.92 Å². The molecule has 144 valence electrons. The highest BCUT2D eigenvalue weighted by atomic mass is 35.5. The Balaban J connectivity index is 1.43. The van der Waals surface area contributed by atoms with E-state index in [2.05, 4.69) is 9.88 Å². The lowest BCUT2D eigenvalue weighted by molar-refractivity contribution is 0.0628. The number of hydrogen-bond acceptors (Lipinski definition) is 3. The zero-order valence-corrected chi connectivity index (χ0v) is 16.5. The van der Waals surface area contributed by atoms with Gasteiger partial charge in [0.1, 0.15) is 0 Å². The molecule has 1 amide bonds. The van der Waals surface area contributed by atoms with Crippen molar-refractivity contribution in [3.05, 3.63) is 80.6 Å². The first-order valence-electron chi connectivity index (χ1n) is 9.40. The molecule has 0 spiro atoms. The lowest BCUT2D eigenvalue weighted by Gasteiger charge is -2.34. The number of amides is 1. The molecule has 3 aromatic rings. The van der Waals surface area contributed by atoms with E-state index in [0.717, 1.165) is 35.1 Å². The number of benzene rings is 2.